The number of nitrogens with zero attached hydrogens (tertiary/aromatic N) is 2. The van der Waals surface area contributed by atoms with Crippen molar-refractivity contribution in [3.63, 3.8) is 0 Å². The monoisotopic (exact) mass is 362 g/mol. The van der Waals surface area contributed by atoms with Gasteiger partial charge in [-0.05, 0) is 63.3 Å². The minimum atomic E-state index is 0. The van der Waals surface area contributed by atoms with Gasteiger partial charge in [0.2, 0.25) is 0 Å². The standard InChI is InChI=1S/C19H26N4O.ClH/c1-13-10-14(2)23(22-13)12-15-4-3-5-16(11-15)19(24)21-18-8-6-17(20)7-9-18;/h3-5,10-11,17-18H,6-9,12,20H2,1-2H3,(H,21,24);1H. The maximum absolute atomic E-state index is 12.5. The van der Waals surface area contributed by atoms with Crippen molar-refractivity contribution in [3.05, 3.63) is 52.8 Å². The topological polar surface area (TPSA) is 72.9 Å². The van der Waals surface area contributed by atoms with Crippen LogP contribution in [0.25, 0.3) is 0 Å². The molecule has 1 fully saturated rings. The van der Waals surface area contributed by atoms with Crippen molar-refractivity contribution in [2.24, 2.45) is 5.73 Å². The van der Waals surface area contributed by atoms with Crippen LogP contribution in [0.5, 0.6) is 0 Å². The number of carbonyl (C=O) groups excluding carboxylic acids is 1. The van der Waals surface area contributed by atoms with Gasteiger partial charge in [0.15, 0.2) is 0 Å². The van der Waals surface area contributed by atoms with Crippen LogP contribution in [-0.4, -0.2) is 27.8 Å². The molecule has 1 saturated carbocycles. The van der Waals surface area contributed by atoms with Gasteiger partial charge in [-0.2, -0.15) is 5.10 Å². The van der Waals surface area contributed by atoms with E-state index in [2.05, 4.69) is 16.5 Å². The normalized spacial score (nSPS) is 20.0. The van der Waals surface area contributed by atoms with Gasteiger partial charge < -0.3 is 11.1 Å². The zero-order valence-corrected chi connectivity index (χ0v) is 15.7. The second-order valence-corrected chi connectivity index (χ2v) is 6.87. The van der Waals surface area contributed by atoms with Gasteiger partial charge in [0.05, 0.1) is 12.2 Å². The predicted molar refractivity (Wildman–Crippen MR) is 102 cm³/mol. The van der Waals surface area contributed by atoms with Crippen molar-refractivity contribution in [3.8, 4) is 0 Å². The molecule has 0 saturated heterocycles. The highest BCUT2D eigenvalue weighted by Gasteiger charge is 2.20. The van der Waals surface area contributed by atoms with Gasteiger partial charge in [-0.25, -0.2) is 0 Å². The second-order valence-electron chi connectivity index (χ2n) is 6.87. The lowest BCUT2D eigenvalue weighted by molar-refractivity contribution is 0.0925. The molecule has 5 nitrogen and oxygen atoms in total. The Kier molecular flexibility index (Phi) is 6.62. The zero-order chi connectivity index (χ0) is 17.1. The Morgan fingerprint density at radius 1 is 1.24 bits per heavy atom. The number of nitrogens with two attached hydrogens (primary N) is 1. The molecule has 3 rings (SSSR count). The fourth-order valence-electron chi connectivity index (χ4n) is 3.35. The van der Waals surface area contributed by atoms with Crippen molar-refractivity contribution in [2.45, 2.75) is 58.2 Å². The van der Waals surface area contributed by atoms with Crippen molar-refractivity contribution < 1.29 is 4.79 Å². The Balaban J connectivity index is 0.00000225. The fraction of sp³-hybridized carbons (Fsp3) is 0.474. The maximum Gasteiger partial charge on any atom is 0.251 e. The summed E-state index contributed by atoms with van der Waals surface area (Å²) in [6.45, 7) is 4.72. The van der Waals surface area contributed by atoms with E-state index in [9.17, 15) is 4.79 Å². The highest BCUT2D eigenvalue weighted by molar-refractivity contribution is 5.94. The van der Waals surface area contributed by atoms with Gasteiger partial charge in [-0.15, -0.1) is 12.4 Å². The smallest absolute Gasteiger partial charge is 0.251 e. The molecule has 1 aromatic heterocycles. The molecule has 6 heteroatoms. The quantitative estimate of drug-likeness (QED) is 0.878. The van der Waals surface area contributed by atoms with Gasteiger partial charge in [0.1, 0.15) is 0 Å². The van der Waals surface area contributed by atoms with Crippen LogP contribution in [0.2, 0.25) is 0 Å². The Hall–Kier alpha value is -1.85. The van der Waals surface area contributed by atoms with Crippen LogP contribution in [-0.2, 0) is 6.54 Å². The SMILES string of the molecule is Cc1cc(C)n(Cc2cccc(C(=O)NC3CCC(N)CC3)c2)n1.Cl. The van der Waals surface area contributed by atoms with Crippen LogP contribution in [0.15, 0.2) is 30.3 Å². The molecule has 1 amide bonds. The van der Waals surface area contributed by atoms with E-state index >= 15 is 0 Å². The third kappa shape index (κ3) is 5.06. The summed E-state index contributed by atoms with van der Waals surface area (Å²) in [6, 6.07) is 10.4. The van der Waals surface area contributed by atoms with Gasteiger partial charge in [0.25, 0.3) is 5.91 Å². The van der Waals surface area contributed by atoms with E-state index in [0.717, 1.165) is 42.6 Å². The number of amides is 1. The summed E-state index contributed by atoms with van der Waals surface area (Å²) in [5.41, 5.74) is 9.86. The van der Waals surface area contributed by atoms with Crippen LogP contribution in [0, 0.1) is 13.8 Å². The molecule has 2 aromatic rings. The first-order valence-electron chi connectivity index (χ1n) is 8.67. The first kappa shape index (κ1) is 19.5. The Labute approximate surface area is 155 Å². The number of carbonyl (C=O) groups is 1. The molecule has 1 aliphatic carbocycles. The van der Waals surface area contributed by atoms with E-state index in [1.807, 2.05) is 42.8 Å². The Bertz CT molecular complexity index is 720. The van der Waals surface area contributed by atoms with Gasteiger partial charge in [0, 0.05) is 23.3 Å². The lowest BCUT2D eigenvalue weighted by Gasteiger charge is -2.26. The third-order valence-corrected chi connectivity index (χ3v) is 4.73. The van der Waals surface area contributed by atoms with E-state index in [0.29, 0.717) is 18.2 Å². The average molecular weight is 363 g/mol. The summed E-state index contributed by atoms with van der Waals surface area (Å²) in [7, 11) is 0. The number of benzene rings is 1. The molecule has 0 bridgehead atoms. The summed E-state index contributed by atoms with van der Waals surface area (Å²) < 4.78 is 1.97. The Morgan fingerprint density at radius 3 is 2.60 bits per heavy atom. The van der Waals surface area contributed by atoms with Gasteiger partial charge >= 0.3 is 0 Å². The molecule has 0 aliphatic heterocycles. The summed E-state index contributed by atoms with van der Waals surface area (Å²) >= 11 is 0. The van der Waals surface area contributed by atoms with Crippen molar-refractivity contribution in [1.82, 2.24) is 15.1 Å². The van der Waals surface area contributed by atoms with E-state index < -0.39 is 0 Å². The number of aryl methyl sites for hydroxylation is 2. The number of aromatic nitrogens is 2. The molecule has 25 heavy (non-hydrogen) atoms. The summed E-state index contributed by atoms with van der Waals surface area (Å²) in [5.74, 6) is 0.00527. The van der Waals surface area contributed by atoms with Crippen LogP contribution in [0.1, 0.15) is 53.0 Å². The highest BCUT2D eigenvalue weighted by atomic mass is 35.5. The first-order valence-corrected chi connectivity index (χ1v) is 8.67. The van der Waals surface area contributed by atoms with Crippen molar-refractivity contribution in [1.29, 1.82) is 0 Å². The molecular weight excluding hydrogens is 336 g/mol. The van der Waals surface area contributed by atoms with Gasteiger partial charge in [-0.1, -0.05) is 12.1 Å². The first-order chi connectivity index (χ1) is 11.5. The molecule has 0 atom stereocenters. The lowest BCUT2D eigenvalue weighted by atomic mass is 9.91. The Morgan fingerprint density at radius 2 is 1.96 bits per heavy atom. The van der Waals surface area contributed by atoms with Crippen molar-refractivity contribution >= 4 is 18.3 Å². The van der Waals surface area contributed by atoms with E-state index in [1.54, 1.807) is 0 Å². The minimum Gasteiger partial charge on any atom is -0.349 e. The lowest BCUT2D eigenvalue weighted by Crippen LogP contribution is -2.40. The average Bonchev–Trinajstić information content (AvgIpc) is 2.87. The predicted octanol–water partition coefficient (Wildman–Crippen LogP) is 2.97. The van der Waals surface area contributed by atoms with E-state index in [-0.39, 0.29) is 24.4 Å². The minimum absolute atomic E-state index is 0. The highest BCUT2D eigenvalue weighted by Crippen LogP contribution is 2.18. The summed E-state index contributed by atoms with van der Waals surface area (Å²) in [4.78, 5) is 12.5. The molecule has 0 spiro atoms. The summed E-state index contributed by atoms with van der Waals surface area (Å²) in [6.07, 6.45) is 3.92. The zero-order valence-electron chi connectivity index (χ0n) is 14.9. The number of nitrogens with one attached hydrogen (secondary N) is 1. The molecule has 0 radical (unpaired) electrons. The fourth-order valence-corrected chi connectivity index (χ4v) is 3.35. The molecule has 136 valence electrons. The van der Waals surface area contributed by atoms with Crippen LogP contribution >= 0.6 is 12.4 Å². The van der Waals surface area contributed by atoms with Crippen LogP contribution in [0.4, 0.5) is 0 Å². The number of hydrogen-bond acceptors (Lipinski definition) is 3. The summed E-state index contributed by atoms with van der Waals surface area (Å²) in [5, 5.41) is 7.63. The molecule has 1 heterocycles. The number of halogens is 1. The molecule has 3 N–H and O–H groups in total. The van der Waals surface area contributed by atoms with Crippen molar-refractivity contribution in [2.75, 3.05) is 0 Å². The van der Waals surface area contributed by atoms with Gasteiger partial charge in [-0.3, -0.25) is 9.48 Å². The second kappa shape index (κ2) is 8.50. The van der Waals surface area contributed by atoms with E-state index in [1.165, 1.54) is 0 Å². The largest absolute Gasteiger partial charge is 0.349 e. The molecule has 1 aromatic carbocycles. The number of hydrogen-bond donors (Lipinski definition) is 2. The van der Waals surface area contributed by atoms with Crippen LogP contribution in [0.3, 0.4) is 0 Å². The number of rotatable bonds is 4. The van der Waals surface area contributed by atoms with Crippen LogP contribution < -0.4 is 11.1 Å². The molecular formula is C19H27ClN4O. The molecule has 1 aliphatic rings. The third-order valence-electron chi connectivity index (χ3n) is 4.73. The van der Waals surface area contributed by atoms with E-state index in [4.69, 9.17) is 5.73 Å². The maximum atomic E-state index is 12.5. The molecule has 0 unspecified atom stereocenters.